The summed E-state index contributed by atoms with van der Waals surface area (Å²) in [5.41, 5.74) is 3.07. The van der Waals surface area contributed by atoms with Crippen molar-refractivity contribution in [1.82, 2.24) is 14.7 Å². The summed E-state index contributed by atoms with van der Waals surface area (Å²) >= 11 is 3.31. The highest BCUT2D eigenvalue weighted by atomic mass is 79.9. The average Bonchev–Trinajstić information content (AvgIpc) is 2.47. The van der Waals surface area contributed by atoms with Gasteiger partial charge >= 0.3 is 0 Å². The molecule has 0 fully saturated rings. The second-order valence-electron chi connectivity index (χ2n) is 3.84. The van der Waals surface area contributed by atoms with E-state index in [-0.39, 0.29) is 17.4 Å². The highest BCUT2D eigenvalue weighted by Gasteiger charge is 2.14. The molecule has 0 aliphatic carbocycles. The van der Waals surface area contributed by atoms with E-state index < -0.39 is 10.0 Å². The molecule has 9 heteroatoms. The molecule has 0 unspecified atom stereocenters. The molecule has 0 saturated heterocycles. The van der Waals surface area contributed by atoms with Crippen LogP contribution in [-0.2, 0) is 16.6 Å². The summed E-state index contributed by atoms with van der Waals surface area (Å²) in [4.78, 5) is 7.50. The van der Waals surface area contributed by atoms with E-state index in [9.17, 15) is 8.42 Å². The maximum Gasteiger partial charge on any atom is 0.243 e. The normalized spacial score (nSPS) is 11.3. The number of nitrogens with two attached hydrogens (primary N) is 1. The van der Waals surface area contributed by atoms with Crippen molar-refractivity contribution in [2.45, 2.75) is 11.4 Å². The van der Waals surface area contributed by atoms with Crippen molar-refractivity contribution in [2.24, 2.45) is 5.84 Å². The predicted octanol–water partition coefficient (Wildman–Crippen LogP) is 1.00. The van der Waals surface area contributed by atoms with Gasteiger partial charge < -0.3 is 0 Å². The number of nitrogens with zero attached hydrogens (tertiary/aromatic N) is 2. The Morgan fingerprint density at radius 3 is 2.30 bits per heavy atom. The predicted molar refractivity (Wildman–Crippen MR) is 78.0 cm³/mol. The smallest absolute Gasteiger partial charge is 0.243 e. The van der Waals surface area contributed by atoms with E-state index >= 15 is 0 Å². The Bertz CT molecular complexity index is 673. The van der Waals surface area contributed by atoms with Gasteiger partial charge in [0.1, 0.15) is 4.90 Å². The first-order chi connectivity index (χ1) is 9.51. The standard InChI is InChI=1S/C11H12BrN5O2S/c12-9-3-1-8(2-4-9)5-16-20(18,19)10-6-14-11(17-13)15-7-10/h1-4,6-7,16H,5,13H2,(H,14,15,17). The minimum atomic E-state index is -3.65. The Labute approximate surface area is 124 Å². The molecule has 2 rings (SSSR count). The van der Waals surface area contributed by atoms with Crippen LogP contribution in [-0.4, -0.2) is 18.4 Å². The van der Waals surface area contributed by atoms with Crippen LogP contribution in [0.4, 0.5) is 5.95 Å². The van der Waals surface area contributed by atoms with Crippen LogP contribution < -0.4 is 16.0 Å². The summed E-state index contributed by atoms with van der Waals surface area (Å²) < 4.78 is 27.4. The number of nitrogen functional groups attached to an aromatic ring is 1. The molecule has 0 aliphatic heterocycles. The summed E-state index contributed by atoms with van der Waals surface area (Å²) in [6.45, 7) is 0.187. The number of hydrogen-bond acceptors (Lipinski definition) is 6. The molecule has 4 N–H and O–H groups in total. The lowest BCUT2D eigenvalue weighted by molar-refractivity contribution is 0.580. The molecule has 0 aliphatic rings. The highest BCUT2D eigenvalue weighted by Crippen LogP contribution is 2.12. The van der Waals surface area contributed by atoms with Crippen molar-refractivity contribution in [2.75, 3.05) is 5.43 Å². The van der Waals surface area contributed by atoms with Crippen molar-refractivity contribution < 1.29 is 8.42 Å². The SMILES string of the molecule is NNc1ncc(S(=O)(=O)NCc2ccc(Br)cc2)cn1. The van der Waals surface area contributed by atoms with E-state index in [0.717, 1.165) is 10.0 Å². The summed E-state index contributed by atoms with van der Waals surface area (Å²) in [6.07, 6.45) is 2.37. The van der Waals surface area contributed by atoms with Crippen molar-refractivity contribution in [3.63, 3.8) is 0 Å². The second kappa shape index (κ2) is 6.27. The van der Waals surface area contributed by atoms with Crippen molar-refractivity contribution in [3.05, 3.63) is 46.7 Å². The molecule has 1 heterocycles. The molecular formula is C11H12BrN5O2S. The van der Waals surface area contributed by atoms with Crippen LogP contribution in [0.3, 0.4) is 0 Å². The number of aromatic nitrogens is 2. The third kappa shape index (κ3) is 3.73. The molecule has 0 atom stereocenters. The molecule has 0 radical (unpaired) electrons. The van der Waals surface area contributed by atoms with Crippen LogP contribution in [0.2, 0.25) is 0 Å². The number of sulfonamides is 1. The minimum Gasteiger partial charge on any atom is -0.292 e. The molecule has 0 spiro atoms. The lowest BCUT2D eigenvalue weighted by Gasteiger charge is -2.07. The summed E-state index contributed by atoms with van der Waals surface area (Å²) in [5, 5.41) is 0. The monoisotopic (exact) mass is 357 g/mol. The third-order valence-electron chi connectivity index (χ3n) is 2.45. The van der Waals surface area contributed by atoms with Crippen LogP contribution in [0.25, 0.3) is 0 Å². The molecule has 0 amide bonds. The molecule has 2 aromatic rings. The third-order valence-corrected chi connectivity index (χ3v) is 4.33. The van der Waals surface area contributed by atoms with E-state index in [0.29, 0.717) is 0 Å². The molecule has 1 aromatic heterocycles. The Morgan fingerprint density at radius 2 is 1.75 bits per heavy atom. The number of hydrazine groups is 1. The van der Waals surface area contributed by atoms with E-state index in [2.05, 4.69) is 36.0 Å². The maximum absolute atomic E-state index is 12.0. The van der Waals surface area contributed by atoms with Gasteiger partial charge in [-0.1, -0.05) is 28.1 Å². The zero-order chi connectivity index (χ0) is 14.6. The summed E-state index contributed by atoms with van der Waals surface area (Å²) in [6, 6.07) is 7.33. The maximum atomic E-state index is 12.0. The first-order valence-corrected chi connectivity index (χ1v) is 7.81. The fraction of sp³-hybridized carbons (Fsp3) is 0.0909. The first-order valence-electron chi connectivity index (χ1n) is 5.54. The Kier molecular flexibility index (Phi) is 4.65. The van der Waals surface area contributed by atoms with Crippen LogP contribution >= 0.6 is 15.9 Å². The molecule has 106 valence electrons. The average molecular weight is 358 g/mol. The van der Waals surface area contributed by atoms with E-state index in [1.54, 1.807) is 0 Å². The Balaban J connectivity index is 2.08. The molecule has 1 aromatic carbocycles. The van der Waals surface area contributed by atoms with Crippen molar-refractivity contribution in [3.8, 4) is 0 Å². The number of halogens is 1. The van der Waals surface area contributed by atoms with Crippen LogP contribution in [0.5, 0.6) is 0 Å². The molecular weight excluding hydrogens is 346 g/mol. The van der Waals surface area contributed by atoms with Gasteiger partial charge in [-0.15, -0.1) is 0 Å². The van der Waals surface area contributed by atoms with Gasteiger partial charge in [0.2, 0.25) is 16.0 Å². The van der Waals surface area contributed by atoms with E-state index in [1.165, 1.54) is 12.4 Å². The fourth-order valence-corrected chi connectivity index (χ4v) is 2.56. The fourth-order valence-electron chi connectivity index (χ4n) is 1.39. The van der Waals surface area contributed by atoms with Crippen molar-refractivity contribution >= 4 is 31.9 Å². The highest BCUT2D eigenvalue weighted by molar-refractivity contribution is 9.10. The second-order valence-corrected chi connectivity index (χ2v) is 6.52. The van der Waals surface area contributed by atoms with Crippen LogP contribution in [0.15, 0.2) is 46.0 Å². The Hall–Kier alpha value is -1.55. The zero-order valence-electron chi connectivity index (χ0n) is 10.2. The van der Waals surface area contributed by atoms with Gasteiger partial charge in [-0.25, -0.2) is 29.0 Å². The molecule has 0 bridgehead atoms. The summed E-state index contributed by atoms with van der Waals surface area (Å²) in [5.74, 6) is 5.26. The molecule has 0 saturated carbocycles. The van der Waals surface area contributed by atoms with Crippen LogP contribution in [0, 0.1) is 0 Å². The zero-order valence-corrected chi connectivity index (χ0v) is 12.6. The van der Waals surface area contributed by atoms with Gasteiger partial charge in [0.25, 0.3) is 0 Å². The first kappa shape index (κ1) is 14.9. The number of anilines is 1. The summed E-state index contributed by atoms with van der Waals surface area (Å²) in [7, 11) is -3.65. The molecule has 7 nitrogen and oxygen atoms in total. The number of nitrogens with one attached hydrogen (secondary N) is 2. The lowest BCUT2D eigenvalue weighted by Crippen LogP contribution is -2.23. The molecule has 20 heavy (non-hydrogen) atoms. The largest absolute Gasteiger partial charge is 0.292 e. The Morgan fingerprint density at radius 1 is 1.15 bits per heavy atom. The number of benzene rings is 1. The number of rotatable bonds is 5. The van der Waals surface area contributed by atoms with Gasteiger partial charge in [0.05, 0.1) is 12.4 Å². The van der Waals surface area contributed by atoms with E-state index in [1.807, 2.05) is 24.3 Å². The van der Waals surface area contributed by atoms with Gasteiger partial charge in [-0.2, -0.15) is 0 Å². The minimum absolute atomic E-state index is 0.0198. The quantitative estimate of drug-likeness (QED) is 0.543. The number of hydrogen-bond donors (Lipinski definition) is 3. The van der Waals surface area contributed by atoms with Gasteiger partial charge in [-0.05, 0) is 17.7 Å². The lowest BCUT2D eigenvalue weighted by atomic mass is 10.2. The van der Waals surface area contributed by atoms with Gasteiger partial charge in [-0.3, -0.25) is 5.43 Å². The van der Waals surface area contributed by atoms with Gasteiger partial charge in [0, 0.05) is 11.0 Å². The van der Waals surface area contributed by atoms with E-state index in [4.69, 9.17) is 5.84 Å². The topological polar surface area (TPSA) is 110 Å². The van der Waals surface area contributed by atoms with Crippen molar-refractivity contribution in [1.29, 1.82) is 0 Å². The van der Waals surface area contributed by atoms with Crippen LogP contribution in [0.1, 0.15) is 5.56 Å². The van der Waals surface area contributed by atoms with Gasteiger partial charge in [0.15, 0.2) is 0 Å².